The first-order chi connectivity index (χ1) is 10.2. The predicted octanol–water partition coefficient (Wildman–Crippen LogP) is 2.34. The number of carbonyl (C=O) groups is 1. The summed E-state index contributed by atoms with van der Waals surface area (Å²) in [5.74, 6) is -0.645. The van der Waals surface area contributed by atoms with Crippen molar-refractivity contribution < 1.29 is 13.9 Å². The third kappa shape index (κ3) is 2.76. The fourth-order valence-corrected chi connectivity index (χ4v) is 2.74. The molecule has 1 fully saturated rings. The zero-order valence-corrected chi connectivity index (χ0v) is 11.9. The zero-order chi connectivity index (χ0) is 14.8. The molecule has 0 saturated carbocycles. The molecule has 21 heavy (non-hydrogen) atoms. The number of H-pyrrole nitrogens is 1. The molecule has 6 heteroatoms. The van der Waals surface area contributed by atoms with E-state index in [-0.39, 0.29) is 12.0 Å². The van der Waals surface area contributed by atoms with E-state index in [1.165, 1.54) is 18.5 Å². The van der Waals surface area contributed by atoms with Crippen LogP contribution in [0.5, 0.6) is 0 Å². The summed E-state index contributed by atoms with van der Waals surface area (Å²) in [6.07, 6.45) is 3.54. The van der Waals surface area contributed by atoms with E-state index in [2.05, 4.69) is 9.97 Å². The molecule has 1 aromatic carbocycles. The molecule has 1 saturated heterocycles. The van der Waals surface area contributed by atoms with Crippen molar-refractivity contribution in [3.8, 4) is 0 Å². The van der Waals surface area contributed by atoms with Gasteiger partial charge in [-0.2, -0.15) is 0 Å². The summed E-state index contributed by atoms with van der Waals surface area (Å²) in [6.45, 7) is 3.76. The fraction of sp³-hybridized carbons (Fsp3) is 0.467. The first kappa shape index (κ1) is 14.0. The van der Waals surface area contributed by atoms with Crippen molar-refractivity contribution in [1.82, 2.24) is 14.9 Å². The molecule has 5 nitrogen and oxygen atoms in total. The Morgan fingerprint density at radius 2 is 2.43 bits per heavy atom. The minimum absolute atomic E-state index is 0.0807. The van der Waals surface area contributed by atoms with Gasteiger partial charge in [-0.25, -0.2) is 9.37 Å². The lowest BCUT2D eigenvalue weighted by molar-refractivity contribution is 0.0540. The van der Waals surface area contributed by atoms with E-state index < -0.39 is 5.82 Å². The van der Waals surface area contributed by atoms with Crippen LogP contribution in [0.3, 0.4) is 0 Å². The van der Waals surface area contributed by atoms with E-state index in [1.54, 1.807) is 4.90 Å². The number of aromatic nitrogens is 2. The van der Waals surface area contributed by atoms with Gasteiger partial charge < -0.3 is 14.6 Å². The normalized spacial score (nSPS) is 18.3. The van der Waals surface area contributed by atoms with Crippen molar-refractivity contribution >= 4 is 16.9 Å². The molecule has 1 amide bonds. The number of fused-ring (bicyclic) bond motifs is 1. The van der Waals surface area contributed by atoms with Gasteiger partial charge in [-0.1, -0.05) is 0 Å². The van der Waals surface area contributed by atoms with Crippen molar-refractivity contribution in [2.75, 3.05) is 19.7 Å². The Morgan fingerprint density at radius 3 is 3.14 bits per heavy atom. The number of nitrogens with zero attached hydrogens (tertiary/aromatic N) is 2. The molecule has 112 valence electrons. The van der Waals surface area contributed by atoms with Gasteiger partial charge in [-0.3, -0.25) is 4.79 Å². The smallest absolute Gasteiger partial charge is 0.256 e. The number of rotatable bonds is 4. The first-order valence-corrected chi connectivity index (χ1v) is 7.22. The quantitative estimate of drug-likeness (QED) is 0.940. The summed E-state index contributed by atoms with van der Waals surface area (Å²) in [6, 6.07) is 2.60. The second-order valence-corrected chi connectivity index (χ2v) is 5.23. The molecule has 1 aliphatic rings. The van der Waals surface area contributed by atoms with Crippen LogP contribution < -0.4 is 0 Å². The van der Waals surface area contributed by atoms with E-state index in [0.29, 0.717) is 29.7 Å². The summed E-state index contributed by atoms with van der Waals surface area (Å²) in [7, 11) is 0. The number of imidazole rings is 1. The number of hydrogen-bond donors (Lipinski definition) is 1. The first-order valence-electron chi connectivity index (χ1n) is 7.22. The number of carbonyl (C=O) groups excluding carboxylic acids is 1. The molecular weight excluding hydrogens is 273 g/mol. The maximum Gasteiger partial charge on any atom is 0.256 e. The number of likely N-dealkylation sites (N-methyl/N-ethyl adjacent to an activating group) is 1. The highest BCUT2D eigenvalue weighted by Gasteiger charge is 2.24. The number of nitrogens with one attached hydrogen (secondary N) is 1. The van der Waals surface area contributed by atoms with Crippen LogP contribution >= 0.6 is 0 Å². The van der Waals surface area contributed by atoms with Gasteiger partial charge in [-0.05, 0) is 31.9 Å². The van der Waals surface area contributed by atoms with E-state index >= 15 is 0 Å². The Bertz CT molecular complexity index is 649. The molecule has 2 aromatic rings. The van der Waals surface area contributed by atoms with Crippen LogP contribution in [-0.4, -0.2) is 46.6 Å². The number of benzene rings is 1. The van der Waals surface area contributed by atoms with Crippen molar-refractivity contribution in [2.24, 2.45) is 0 Å². The number of ether oxygens (including phenoxy) is 1. The van der Waals surface area contributed by atoms with Gasteiger partial charge in [0.2, 0.25) is 0 Å². The summed E-state index contributed by atoms with van der Waals surface area (Å²) >= 11 is 0. The third-order valence-corrected chi connectivity index (χ3v) is 3.84. The summed E-state index contributed by atoms with van der Waals surface area (Å²) in [4.78, 5) is 21.3. The van der Waals surface area contributed by atoms with Crippen LogP contribution in [0.15, 0.2) is 18.5 Å². The average Bonchev–Trinajstić information content (AvgIpc) is 3.13. The van der Waals surface area contributed by atoms with Crippen molar-refractivity contribution in [3.63, 3.8) is 0 Å². The molecule has 0 aliphatic carbocycles. The second-order valence-electron chi connectivity index (χ2n) is 5.23. The molecule has 1 aliphatic heterocycles. The highest BCUT2D eigenvalue weighted by Crippen LogP contribution is 2.20. The van der Waals surface area contributed by atoms with Crippen LogP contribution in [0.4, 0.5) is 4.39 Å². The van der Waals surface area contributed by atoms with Crippen LogP contribution in [0.25, 0.3) is 11.0 Å². The van der Waals surface area contributed by atoms with E-state index in [9.17, 15) is 9.18 Å². The molecule has 1 aromatic heterocycles. The second kappa shape index (κ2) is 5.81. The van der Waals surface area contributed by atoms with Gasteiger partial charge in [-0.15, -0.1) is 0 Å². The Hall–Kier alpha value is -1.95. The van der Waals surface area contributed by atoms with Crippen molar-refractivity contribution in [3.05, 3.63) is 29.8 Å². The number of hydrogen-bond acceptors (Lipinski definition) is 3. The fourth-order valence-electron chi connectivity index (χ4n) is 2.74. The highest BCUT2D eigenvalue weighted by atomic mass is 19.1. The SMILES string of the molecule is CCN(C[C@H]1CCCO1)C(=O)c1cc(F)cc2[nH]cnc12. The van der Waals surface area contributed by atoms with E-state index in [4.69, 9.17) is 4.74 Å². The number of halogens is 1. The van der Waals surface area contributed by atoms with E-state index in [1.807, 2.05) is 6.92 Å². The topological polar surface area (TPSA) is 58.2 Å². The van der Waals surface area contributed by atoms with Crippen LogP contribution in [0.2, 0.25) is 0 Å². The predicted molar refractivity (Wildman–Crippen MR) is 76.6 cm³/mol. The molecule has 2 heterocycles. The molecule has 3 rings (SSSR count). The summed E-state index contributed by atoms with van der Waals surface area (Å²) in [5.41, 5.74) is 1.34. The van der Waals surface area contributed by atoms with Gasteiger partial charge in [0.15, 0.2) is 0 Å². The summed E-state index contributed by atoms with van der Waals surface area (Å²) < 4.78 is 19.2. The molecule has 1 N–H and O–H groups in total. The Balaban J connectivity index is 1.88. The van der Waals surface area contributed by atoms with Crippen LogP contribution in [0, 0.1) is 5.82 Å². The zero-order valence-electron chi connectivity index (χ0n) is 11.9. The van der Waals surface area contributed by atoms with Crippen LogP contribution in [0.1, 0.15) is 30.1 Å². The van der Waals surface area contributed by atoms with Gasteiger partial charge in [0.05, 0.1) is 23.5 Å². The molecule has 0 spiro atoms. The van der Waals surface area contributed by atoms with Crippen LogP contribution in [-0.2, 0) is 4.74 Å². The van der Waals surface area contributed by atoms with Gasteiger partial charge in [0.1, 0.15) is 11.3 Å². The molecule has 1 atom stereocenters. The molecule has 0 unspecified atom stereocenters. The lowest BCUT2D eigenvalue weighted by atomic mass is 10.1. The monoisotopic (exact) mass is 291 g/mol. The van der Waals surface area contributed by atoms with Gasteiger partial charge in [0.25, 0.3) is 5.91 Å². The largest absolute Gasteiger partial charge is 0.376 e. The van der Waals surface area contributed by atoms with E-state index in [0.717, 1.165) is 19.4 Å². The minimum atomic E-state index is -0.441. The molecule has 0 bridgehead atoms. The number of amides is 1. The van der Waals surface area contributed by atoms with Crippen molar-refractivity contribution in [1.29, 1.82) is 0 Å². The Morgan fingerprint density at radius 1 is 1.57 bits per heavy atom. The Kier molecular flexibility index (Phi) is 3.88. The molecular formula is C15H18FN3O2. The molecule has 0 radical (unpaired) electrons. The lowest BCUT2D eigenvalue weighted by Crippen LogP contribution is -2.37. The van der Waals surface area contributed by atoms with Gasteiger partial charge in [0, 0.05) is 19.7 Å². The average molecular weight is 291 g/mol. The maximum absolute atomic E-state index is 13.7. The van der Waals surface area contributed by atoms with Crippen molar-refractivity contribution in [2.45, 2.75) is 25.9 Å². The minimum Gasteiger partial charge on any atom is -0.376 e. The lowest BCUT2D eigenvalue weighted by Gasteiger charge is -2.24. The number of aromatic amines is 1. The Labute approximate surface area is 122 Å². The highest BCUT2D eigenvalue weighted by molar-refractivity contribution is 6.04. The summed E-state index contributed by atoms with van der Waals surface area (Å²) in [5, 5.41) is 0. The standard InChI is InChI=1S/C15H18FN3O2/c1-2-19(8-11-4-3-5-21-11)15(20)12-6-10(16)7-13-14(12)18-9-17-13/h6-7,9,11H,2-5,8H2,1H3,(H,17,18)/t11-/m1/s1. The van der Waals surface area contributed by atoms with Gasteiger partial charge >= 0.3 is 0 Å². The third-order valence-electron chi connectivity index (χ3n) is 3.84. The maximum atomic E-state index is 13.7.